The minimum absolute atomic E-state index is 0.203. The van der Waals surface area contributed by atoms with Crippen LogP contribution in [0.3, 0.4) is 0 Å². The third kappa shape index (κ3) is 11.2. The van der Waals surface area contributed by atoms with Crippen molar-refractivity contribution in [2.75, 3.05) is 6.61 Å². The van der Waals surface area contributed by atoms with Gasteiger partial charge >= 0.3 is 0 Å². The molecule has 0 saturated heterocycles. The summed E-state index contributed by atoms with van der Waals surface area (Å²) in [6.45, 7) is 8.67. The van der Waals surface area contributed by atoms with Crippen LogP contribution in [0, 0.1) is 5.92 Å². The number of nitrogens with one attached hydrogen (secondary N) is 2. The number of unbranched alkanes of at least 4 members (excludes halogenated alkanes) is 4. The van der Waals surface area contributed by atoms with Gasteiger partial charge in [-0.3, -0.25) is 9.59 Å². The zero-order chi connectivity index (χ0) is 34.5. The van der Waals surface area contributed by atoms with Gasteiger partial charge in [0.25, 0.3) is 5.91 Å². The van der Waals surface area contributed by atoms with E-state index in [0.717, 1.165) is 52.3 Å². The van der Waals surface area contributed by atoms with E-state index in [4.69, 9.17) is 4.74 Å². The highest BCUT2D eigenvalue weighted by Gasteiger charge is 2.25. The van der Waals surface area contributed by atoms with Crippen molar-refractivity contribution in [1.82, 2.24) is 20.6 Å². The van der Waals surface area contributed by atoms with E-state index in [9.17, 15) is 19.8 Å². The molecule has 9 nitrogen and oxygen atoms in total. The van der Waals surface area contributed by atoms with Gasteiger partial charge in [0.15, 0.2) is 12.1 Å². The summed E-state index contributed by atoms with van der Waals surface area (Å²) in [5.41, 5.74) is 3.52. The minimum Gasteiger partial charge on any atom is -0.494 e. The van der Waals surface area contributed by atoms with E-state index in [-0.39, 0.29) is 12.3 Å². The first-order chi connectivity index (χ1) is 23.1. The van der Waals surface area contributed by atoms with Gasteiger partial charge in [0.05, 0.1) is 17.5 Å². The average molecular weight is 673 g/mol. The summed E-state index contributed by atoms with van der Waals surface area (Å²) < 4.78 is 5.88. The van der Waals surface area contributed by atoms with E-state index >= 15 is 0 Å². The maximum Gasteiger partial charge on any atom is 0.262 e. The van der Waals surface area contributed by atoms with Gasteiger partial charge in [0, 0.05) is 34.8 Å². The minimum atomic E-state index is -1.73. The van der Waals surface area contributed by atoms with Crippen LogP contribution in [0.1, 0.15) is 79.9 Å². The molecule has 10 heteroatoms. The lowest BCUT2D eigenvalue weighted by atomic mass is 10.0. The Morgan fingerprint density at radius 2 is 1.46 bits per heavy atom. The molecule has 2 heterocycles. The van der Waals surface area contributed by atoms with Gasteiger partial charge in [0.2, 0.25) is 5.91 Å². The average Bonchev–Trinajstić information content (AvgIpc) is 3.54. The number of hydrogen-bond acceptors (Lipinski definition) is 8. The molecule has 4 aromatic rings. The van der Waals surface area contributed by atoms with Gasteiger partial charge in [-0.05, 0) is 61.1 Å². The van der Waals surface area contributed by atoms with Crippen molar-refractivity contribution in [3.63, 3.8) is 0 Å². The molecule has 48 heavy (non-hydrogen) atoms. The predicted octanol–water partition coefficient (Wildman–Crippen LogP) is 6.58. The van der Waals surface area contributed by atoms with Gasteiger partial charge in [-0.15, -0.1) is 11.3 Å². The van der Waals surface area contributed by atoms with E-state index in [2.05, 4.69) is 41.4 Å². The number of aliphatic hydroxyl groups excluding tert-OH is 1. The van der Waals surface area contributed by atoms with Crippen molar-refractivity contribution >= 4 is 23.2 Å². The second-order valence-electron chi connectivity index (χ2n) is 12.6. The van der Waals surface area contributed by atoms with Crippen LogP contribution in [0.5, 0.6) is 5.75 Å². The molecule has 4 N–H and O–H groups in total. The molecule has 0 spiro atoms. The summed E-state index contributed by atoms with van der Waals surface area (Å²) in [5.74, 6) is 1.03. The molecule has 2 amide bonds. The van der Waals surface area contributed by atoms with Crippen LogP contribution in [-0.2, 0) is 17.6 Å². The van der Waals surface area contributed by atoms with Crippen LogP contribution >= 0.6 is 11.3 Å². The van der Waals surface area contributed by atoms with E-state index in [1.165, 1.54) is 43.9 Å². The van der Waals surface area contributed by atoms with Crippen molar-refractivity contribution in [1.29, 1.82) is 0 Å². The van der Waals surface area contributed by atoms with E-state index in [1.54, 1.807) is 18.5 Å². The fourth-order valence-corrected chi connectivity index (χ4v) is 6.26. The normalized spacial score (nSPS) is 12.6. The fraction of sp³-hybridized carbons (Fsp3) is 0.421. The van der Waals surface area contributed by atoms with E-state index in [1.807, 2.05) is 54.6 Å². The number of aliphatic hydroxyl groups is 2. The second-order valence-corrected chi connectivity index (χ2v) is 13.8. The lowest BCUT2D eigenvalue weighted by molar-refractivity contribution is -0.128. The summed E-state index contributed by atoms with van der Waals surface area (Å²) in [7, 11) is 0. The van der Waals surface area contributed by atoms with Crippen molar-refractivity contribution in [2.45, 2.75) is 91.0 Å². The molecule has 0 unspecified atom stereocenters. The molecule has 0 fully saturated rings. The van der Waals surface area contributed by atoms with Gasteiger partial charge in [-0.1, -0.05) is 82.9 Å². The number of ether oxygens (including phenoxy) is 1. The molecule has 256 valence electrons. The Morgan fingerprint density at radius 1 is 0.792 bits per heavy atom. The molecule has 0 saturated carbocycles. The maximum absolute atomic E-state index is 13.2. The lowest BCUT2D eigenvalue weighted by Gasteiger charge is -2.22. The van der Waals surface area contributed by atoms with E-state index in [0.29, 0.717) is 16.6 Å². The Bertz CT molecular complexity index is 1570. The molecule has 0 aliphatic rings. The van der Waals surface area contributed by atoms with Crippen LogP contribution in [0.15, 0.2) is 73.1 Å². The lowest BCUT2D eigenvalue weighted by Crippen LogP contribution is -2.52. The molecule has 0 aliphatic heterocycles. The van der Waals surface area contributed by atoms with Crippen LogP contribution in [-0.4, -0.2) is 57.0 Å². The molecule has 0 aliphatic carbocycles. The molecular weight excluding hydrogens is 625 g/mol. The van der Waals surface area contributed by atoms with Crippen molar-refractivity contribution in [3.05, 3.63) is 88.4 Å². The maximum atomic E-state index is 13.2. The fourth-order valence-electron chi connectivity index (χ4n) is 5.14. The van der Waals surface area contributed by atoms with Gasteiger partial charge < -0.3 is 25.6 Å². The molecule has 2 atom stereocenters. The first kappa shape index (κ1) is 36.7. The molecule has 2 aromatic carbocycles. The number of hydrogen-bond donors (Lipinski definition) is 4. The summed E-state index contributed by atoms with van der Waals surface area (Å²) in [6.07, 6.45) is 8.96. The largest absolute Gasteiger partial charge is 0.494 e. The number of benzene rings is 2. The number of rotatable bonds is 18. The summed E-state index contributed by atoms with van der Waals surface area (Å²) in [6, 6.07) is 17.3. The summed E-state index contributed by atoms with van der Waals surface area (Å²) in [5, 5.41) is 24.4. The highest BCUT2D eigenvalue weighted by molar-refractivity contribution is 7.14. The monoisotopic (exact) mass is 672 g/mol. The Balaban J connectivity index is 1.38. The summed E-state index contributed by atoms with van der Waals surface area (Å²) in [4.78, 5) is 37.1. The summed E-state index contributed by atoms with van der Waals surface area (Å²) >= 11 is 1.41. The number of thiophene rings is 1. The Labute approximate surface area is 287 Å². The number of aromatic nitrogens is 2. The zero-order valence-electron chi connectivity index (χ0n) is 28.3. The van der Waals surface area contributed by atoms with Crippen LogP contribution in [0.25, 0.3) is 22.5 Å². The SMILES string of the molecule is CCCCCCCOc1ccc(-c2cnc(-c3ccc(C[C@H](NC(=O)c4ccc(CC(C)C)s4)C(=O)N[C@H](C)C(O)O)cc3)nc2)cc1. The third-order valence-electron chi connectivity index (χ3n) is 7.94. The predicted molar refractivity (Wildman–Crippen MR) is 191 cm³/mol. The molecular formula is C38H48N4O5S. The quantitative estimate of drug-likeness (QED) is 0.0694. The zero-order valence-corrected chi connectivity index (χ0v) is 29.1. The van der Waals surface area contributed by atoms with Gasteiger partial charge in [-0.25, -0.2) is 9.97 Å². The Hall–Kier alpha value is -4.12. The van der Waals surface area contributed by atoms with E-state index < -0.39 is 24.3 Å². The smallest absolute Gasteiger partial charge is 0.262 e. The highest BCUT2D eigenvalue weighted by atomic mass is 32.1. The standard InChI is InChI=1S/C38H48N4O5S/c1-5-6-7-8-9-20-47-31-16-14-28(15-17-31)30-23-39-35(40-24-30)29-12-10-27(11-13-29)22-33(36(43)41-26(4)38(45)46)42-37(44)34-19-18-32(48-34)21-25(2)3/h10-19,23-26,33,38,45-46H,5-9,20-22H2,1-4H3,(H,41,43)(H,42,44)/t26-,33+/m1/s1. The van der Waals surface area contributed by atoms with Gasteiger partial charge in [0.1, 0.15) is 11.8 Å². The highest BCUT2D eigenvalue weighted by Crippen LogP contribution is 2.24. The second kappa shape index (κ2) is 18.4. The Morgan fingerprint density at radius 3 is 2.10 bits per heavy atom. The van der Waals surface area contributed by atoms with Crippen molar-refractivity contribution < 1.29 is 24.5 Å². The number of amides is 2. The molecule has 4 rings (SSSR count). The molecule has 0 radical (unpaired) electrons. The first-order valence-corrected chi connectivity index (χ1v) is 17.6. The third-order valence-corrected chi connectivity index (χ3v) is 9.05. The topological polar surface area (TPSA) is 134 Å². The molecule has 2 aromatic heterocycles. The van der Waals surface area contributed by atoms with Crippen LogP contribution in [0.2, 0.25) is 0 Å². The van der Waals surface area contributed by atoms with Crippen LogP contribution < -0.4 is 15.4 Å². The van der Waals surface area contributed by atoms with Gasteiger partial charge in [-0.2, -0.15) is 0 Å². The number of nitrogens with zero attached hydrogens (tertiary/aromatic N) is 2. The first-order valence-electron chi connectivity index (χ1n) is 16.8. The molecule has 0 bridgehead atoms. The van der Waals surface area contributed by atoms with Crippen LogP contribution in [0.4, 0.5) is 0 Å². The van der Waals surface area contributed by atoms with Crippen molar-refractivity contribution in [3.8, 4) is 28.3 Å². The number of carbonyl (C=O) groups excluding carboxylic acids is 2. The van der Waals surface area contributed by atoms with Crippen molar-refractivity contribution in [2.24, 2.45) is 5.92 Å². The Kier molecular flexibility index (Phi) is 14.1. The number of carbonyl (C=O) groups is 2.